The predicted octanol–water partition coefficient (Wildman–Crippen LogP) is 1.52. The zero-order valence-electron chi connectivity index (χ0n) is 6.77. The lowest BCUT2D eigenvalue weighted by atomic mass is 10.1. The van der Waals surface area contributed by atoms with Crippen LogP contribution in [0.15, 0.2) is 24.3 Å². The van der Waals surface area contributed by atoms with Gasteiger partial charge in [-0.3, -0.25) is 0 Å². The van der Waals surface area contributed by atoms with E-state index in [9.17, 15) is 0 Å². The molecule has 62 valence electrons. The van der Waals surface area contributed by atoms with Gasteiger partial charge in [-0.1, -0.05) is 12.1 Å². The van der Waals surface area contributed by atoms with Crippen LogP contribution in [-0.2, 0) is 4.74 Å². The van der Waals surface area contributed by atoms with Gasteiger partial charge >= 0.3 is 0 Å². The molecule has 1 aromatic rings. The molecule has 0 aromatic heterocycles. The summed E-state index contributed by atoms with van der Waals surface area (Å²) in [4.78, 5) is 0. The van der Waals surface area contributed by atoms with Crippen LogP contribution in [0.3, 0.4) is 0 Å². The van der Waals surface area contributed by atoms with Gasteiger partial charge in [0, 0.05) is 0 Å². The molecule has 0 aliphatic carbocycles. The summed E-state index contributed by atoms with van der Waals surface area (Å²) in [5.41, 5.74) is 1.59. The third kappa shape index (κ3) is 1.38. The van der Waals surface area contributed by atoms with E-state index >= 15 is 0 Å². The van der Waals surface area contributed by atoms with Crippen molar-refractivity contribution in [2.75, 3.05) is 0 Å². The van der Waals surface area contributed by atoms with Gasteiger partial charge in [0.05, 0.1) is 17.7 Å². The highest BCUT2D eigenvalue weighted by atomic mass is 16.6. The first kappa shape index (κ1) is 7.79. The molecule has 1 aliphatic heterocycles. The first-order valence-electron chi connectivity index (χ1n) is 3.90. The maximum atomic E-state index is 8.55. The van der Waals surface area contributed by atoms with Gasteiger partial charge in [-0.05, 0) is 17.7 Å². The van der Waals surface area contributed by atoms with E-state index in [1.807, 2.05) is 24.3 Å². The van der Waals surface area contributed by atoms with Crippen molar-refractivity contribution in [3.63, 3.8) is 0 Å². The zero-order chi connectivity index (χ0) is 9.26. The molecular formula is C10H6N2O. The number of hydrogen-bond donors (Lipinski definition) is 0. The minimum atomic E-state index is -0.298. The third-order valence-corrected chi connectivity index (χ3v) is 1.99. The summed E-state index contributed by atoms with van der Waals surface area (Å²) in [7, 11) is 0. The SMILES string of the molecule is N#Cc1ccc([C@@H]2O[C@H]2C#N)cc1. The van der Waals surface area contributed by atoms with Crippen molar-refractivity contribution in [2.45, 2.75) is 12.2 Å². The Morgan fingerprint density at radius 3 is 2.31 bits per heavy atom. The van der Waals surface area contributed by atoms with Crippen molar-refractivity contribution < 1.29 is 4.74 Å². The fourth-order valence-corrected chi connectivity index (χ4v) is 1.21. The first-order chi connectivity index (χ1) is 6.35. The molecule has 3 nitrogen and oxygen atoms in total. The zero-order valence-corrected chi connectivity index (χ0v) is 6.77. The standard InChI is InChI=1S/C10H6N2O/c11-5-7-1-3-8(4-2-7)10-9(6-12)13-10/h1-4,9-10H/t9-,10-/m0/s1. The molecule has 0 saturated carbocycles. The maximum Gasteiger partial charge on any atom is 0.175 e. The monoisotopic (exact) mass is 170 g/mol. The second-order valence-corrected chi connectivity index (χ2v) is 2.84. The van der Waals surface area contributed by atoms with E-state index < -0.39 is 0 Å². The van der Waals surface area contributed by atoms with Crippen molar-refractivity contribution in [3.05, 3.63) is 35.4 Å². The smallest absolute Gasteiger partial charge is 0.175 e. The molecule has 0 N–H and O–H groups in total. The lowest BCUT2D eigenvalue weighted by molar-refractivity contribution is 0.396. The molecule has 13 heavy (non-hydrogen) atoms. The highest BCUT2D eigenvalue weighted by Gasteiger charge is 2.40. The Hall–Kier alpha value is -1.84. The quantitative estimate of drug-likeness (QED) is 0.600. The molecule has 0 spiro atoms. The number of nitrogens with zero attached hydrogens (tertiary/aromatic N) is 2. The topological polar surface area (TPSA) is 60.1 Å². The van der Waals surface area contributed by atoms with E-state index in [1.54, 1.807) is 12.1 Å². The average Bonchev–Trinajstić information content (AvgIpc) is 2.97. The fourth-order valence-electron chi connectivity index (χ4n) is 1.21. The molecule has 1 aliphatic rings. The number of nitriles is 2. The van der Waals surface area contributed by atoms with Crippen LogP contribution in [0, 0.1) is 22.7 Å². The Morgan fingerprint density at radius 1 is 1.15 bits per heavy atom. The van der Waals surface area contributed by atoms with Crippen LogP contribution in [0.1, 0.15) is 17.2 Å². The van der Waals surface area contributed by atoms with Gasteiger partial charge in [0.25, 0.3) is 0 Å². The van der Waals surface area contributed by atoms with Gasteiger partial charge in [0.2, 0.25) is 0 Å². The Morgan fingerprint density at radius 2 is 1.85 bits per heavy atom. The minimum absolute atomic E-state index is 0.0854. The largest absolute Gasteiger partial charge is 0.348 e. The van der Waals surface area contributed by atoms with Crippen LogP contribution in [0.25, 0.3) is 0 Å². The van der Waals surface area contributed by atoms with E-state index in [0.717, 1.165) is 5.56 Å². The molecule has 0 amide bonds. The fraction of sp³-hybridized carbons (Fsp3) is 0.200. The molecule has 0 bridgehead atoms. The first-order valence-corrected chi connectivity index (χ1v) is 3.90. The summed E-state index contributed by atoms with van der Waals surface area (Å²) in [6.07, 6.45) is -0.384. The summed E-state index contributed by atoms with van der Waals surface area (Å²) in [6, 6.07) is 11.2. The molecule has 0 radical (unpaired) electrons. The van der Waals surface area contributed by atoms with Gasteiger partial charge in [-0.2, -0.15) is 10.5 Å². The average molecular weight is 170 g/mol. The summed E-state index contributed by atoms with van der Waals surface area (Å²) in [5, 5.41) is 17.1. The highest BCUT2D eigenvalue weighted by molar-refractivity contribution is 5.34. The van der Waals surface area contributed by atoms with Crippen molar-refractivity contribution in [3.8, 4) is 12.1 Å². The molecule has 2 rings (SSSR count). The molecular weight excluding hydrogens is 164 g/mol. The van der Waals surface area contributed by atoms with Gasteiger partial charge in [-0.25, -0.2) is 0 Å². The van der Waals surface area contributed by atoms with Crippen molar-refractivity contribution in [2.24, 2.45) is 0 Å². The third-order valence-electron chi connectivity index (χ3n) is 1.99. The lowest BCUT2D eigenvalue weighted by Gasteiger charge is -1.93. The summed E-state index contributed by atoms with van der Waals surface area (Å²) in [5.74, 6) is 0. The predicted molar refractivity (Wildman–Crippen MR) is 44.4 cm³/mol. The summed E-state index contributed by atoms with van der Waals surface area (Å²) in [6.45, 7) is 0. The Balaban J connectivity index is 2.18. The Labute approximate surface area is 75.8 Å². The number of rotatable bonds is 1. The normalized spacial score (nSPS) is 24.5. The molecule has 1 saturated heterocycles. The van der Waals surface area contributed by atoms with Crippen LogP contribution in [0.2, 0.25) is 0 Å². The van der Waals surface area contributed by atoms with Gasteiger partial charge in [0.1, 0.15) is 6.10 Å². The molecule has 1 heterocycles. The van der Waals surface area contributed by atoms with E-state index in [-0.39, 0.29) is 12.2 Å². The second-order valence-electron chi connectivity index (χ2n) is 2.84. The van der Waals surface area contributed by atoms with Crippen molar-refractivity contribution in [1.82, 2.24) is 0 Å². The van der Waals surface area contributed by atoms with E-state index in [2.05, 4.69) is 0 Å². The van der Waals surface area contributed by atoms with Crippen LogP contribution >= 0.6 is 0 Å². The van der Waals surface area contributed by atoms with Crippen LogP contribution < -0.4 is 0 Å². The Bertz CT molecular complexity index is 396. The number of ether oxygens (including phenoxy) is 1. The molecule has 2 atom stereocenters. The van der Waals surface area contributed by atoms with Gasteiger partial charge in [-0.15, -0.1) is 0 Å². The summed E-state index contributed by atoms with van der Waals surface area (Å²) < 4.78 is 5.08. The molecule has 1 aromatic carbocycles. The molecule has 3 heteroatoms. The van der Waals surface area contributed by atoms with E-state index in [0.29, 0.717) is 5.56 Å². The summed E-state index contributed by atoms with van der Waals surface area (Å²) >= 11 is 0. The van der Waals surface area contributed by atoms with Crippen LogP contribution in [0.5, 0.6) is 0 Å². The number of benzene rings is 1. The van der Waals surface area contributed by atoms with Gasteiger partial charge in [0.15, 0.2) is 6.10 Å². The second kappa shape index (κ2) is 2.90. The van der Waals surface area contributed by atoms with Crippen LogP contribution in [-0.4, -0.2) is 6.10 Å². The van der Waals surface area contributed by atoms with Crippen molar-refractivity contribution >= 4 is 0 Å². The van der Waals surface area contributed by atoms with E-state index in [4.69, 9.17) is 15.3 Å². The highest BCUT2D eigenvalue weighted by Crippen LogP contribution is 2.37. The Kier molecular flexibility index (Phi) is 1.73. The van der Waals surface area contributed by atoms with E-state index in [1.165, 1.54) is 0 Å². The van der Waals surface area contributed by atoms with Crippen molar-refractivity contribution in [1.29, 1.82) is 10.5 Å². The maximum absolute atomic E-state index is 8.55. The number of hydrogen-bond acceptors (Lipinski definition) is 3. The molecule has 1 fully saturated rings. The minimum Gasteiger partial charge on any atom is -0.348 e. The molecule has 0 unspecified atom stereocenters. The number of epoxide rings is 1. The van der Waals surface area contributed by atoms with Gasteiger partial charge < -0.3 is 4.74 Å². The van der Waals surface area contributed by atoms with Crippen LogP contribution in [0.4, 0.5) is 0 Å². The lowest BCUT2D eigenvalue weighted by Crippen LogP contribution is -1.84.